The summed E-state index contributed by atoms with van der Waals surface area (Å²) < 4.78 is 0. The number of benzene rings is 1. The molecule has 0 heterocycles. The minimum absolute atomic E-state index is 0.0523. The molecule has 1 aromatic rings. The van der Waals surface area contributed by atoms with Crippen molar-refractivity contribution in [1.82, 2.24) is 0 Å². The lowest BCUT2D eigenvalue weighted by atomic mass is 9.85. The maximum Gasteiger partial charge on any atom is 0.120 e. The van der Waals surface area contributed by atoms with Crippen molar-refractivity contribution in [3.8, 4) is 5.75 Å². The van der Waals surface area contributed by atoms with Gasteiger partial charge in [0.2, 0.25) is 0 Å². The van der Waals surface area contributed by atoms with E-state index in [1.807, 2.05) is 12.1 Å². The highest BCUT2D eigenvalue weighted by Crippen LogP contribution is 2.29. The van der Waals surface area contributed by atoms with Crippen LogP contribution in [0, 0.1) is 0 Å². The monoisotopic (exact) mass is 208 g/mol. The number of phenolic OH excluding ortho intramolecular Hbond substituents is 1. The van der Waals surface area contributed by atoms with Gasteiger partial charge in [0.1, 0.15) is 5.75 Å². The zero-order valence-corrected chi connectivity index (χ0v) is 9.62. The number of aromatic hydroxyl groups is 1. The van der Waals surface area contributed by atoms with Gasteiger partial charge in [-0.05, 0) is 23.1 Å². The second kappa shape index (κ2) is 4.21. The van der Waals surface area contributed by atoms with Gasteiger partial charge >= 0.3 is 0 Å². The Morgan fingerprint density at radius 1 is 1.33 bits per heavy atom. The number of hydrogen-bond acceptors (Lipinski definition) is 3. The van der Waals surface area contributed by atoms with Gasteiger partial charge in [0.25, 0.3) is 0 Å². The average Bonchev–Trinajstić information content (AvgIpc) is 2.15. The molecule has 1 rings (SSSR count). The number of rotatable bonds is 2. The first kappa shape index (κ1) is 12.0. The Balaban J connectivity index is 3.17. The van der Waals surface area contributed by atoms with Crippen molar-refractivity contribution in [3.05, 3.63) is 29.3 Å². The van der Waals surface area contributed by atoms with Crippen LogP contribution in [0.4, 0.5) is 0 Å². The van der Waals surface area contributed by atoms with Crippen LogP contribution in [0.2, 0.25) is 0 Å². The van der Waals surface area contributed by atoms with Gasteiger partial charge < -0.3 is 16.6 Å². The number of phenols is 1. The van der Waals surface area contributed by atoms with Crippen molar-refractivity contribution < 1.29 is 5.11 Å². The Morgan fingerprint density at radius 3 is 2.40 bits per heavy atom. The van der Waals surface area contributed by atoms with Gasteiger partial charge in [0.15, 0.2) is 0 Å². The van der Waals surface area contributed by atoms with Crippen molar-refractivity contribution in [3.63, 3.8) is 0 Å². The van der Waals surface area contributed by atoms with E-state index >= 15 is 0 Å². The van der Waals surface area contributed by atoms with E-state index in [1.165, 1.54) is 0 Å². The Bertz CT molecular complexity index is 342. The fourth-order valence-electron chi connectivity index (χ4n) is 1.44. The Hall–Kier alpha value is -1.06. The van der Waals surface area contributed by atoms with E-state index in [2.05, 4.69) is 20.8 Å². The van der Waals surface area contributed by atoms with Crippen LogP contribution in [-0.4, -0.2) is 11.7 Å². The molecule has 0 aliphatic heterocycles. The van der Waals surface area contributed by atoms with E-state index in [-0.39, 0.29) is 17.2 Å². The van der Waals surface area contributed by atoms with Crippen molar-refractivity contribution in [1.29, 1.82) is 0 Å². The summed E-state index contributed by atoms with van der Waals surface area (Å²) in [5.74, 6) is 0.223. The van der Waals surface area contributed by atoms with Gasteiger partial charge in [-0.25, -0.2) is 0 Å². The fourth-order valence-corrected chi connectivity index (χ4v) is 1.44. The van der Waals surface area contributed by atoms with Crippen molar-refractivity contribution in [2.45, 2.75) is 32.2 Å². The van der Waals surface area contributed by atoms with Crippen LogP contribution >= 0.6 is 0 Å². The van der Waals surface area contributed by atoms with E-state index in [0.29, 0.717) is 6.54 Å². The Kier molecular flexibility index (Phi) is 3.37. The third-order valence-corrected chi connectivity index (χ3v) is 2.55. The summed E-state index contributed by atoms with van der Waals surface area (Å²) in [6.07, 6.45) is 0. The van der Waals surface area contributed by atoms with E-state index in [1.54, 1.807) is 6.07 Å². The molecule has 15 heavy (non-hydrogen) atoms. The van der Waals surface area contributed by atoms with Crippen LogP contribution in [0.3, 0.4) is 0 Å². The first-order chi connectivity index (χ1) is 6.86. The zero-order valence-electron chi connectivity index (χ0n) is 9.62. The number of hydrogen-bond donors (Lipinski definition) is 3. The molecule has 3 heteroatoms. The summed E-state index contributed by atoms with van der Waals surface area (Å²) in [5.41, 5.74) is 13.2. The molecule has 0 aliphatic rings. The number of nitrogens with two attached hydrogens (primary N) is 2. The van der Waals surface area contributed by atoms with Gasteiger partial charge in [-0.15, -0.1) is 0 Å². The molecule has 3 nitrogen and oxygen atoms in total. The molecular formula is C12H20N2O. The predicted molar refractivity (Wildman–Crippen MR) is 62.8 cm³/mol. The second-order valence-electron chi connectivity index (χ2n) is 4.87. The lowest BCUT2D eigenvalue weighted by Gasteiger charge is -2.21. The molecule has 0 unspecified atom stereocenters. The highest BCUT2D eigenvalue weighted by atomic mass is 16.3. The highest BCUT2D eigenvalue weighted by molar-refractivity contribution is 5.40. The van der Waals surface area contributed by atoms with E-state index < -0.39 is 0 Å². The van der Waals surface area contributed by atoms with Crippen LogP contribution < -0.4 is 11.5 Å². The van der Waals surface area contributed by atoms with E-state index in [4.69, 9.17) is 11.5 Å². The van der Waals surface area contributed by atoms with Gasteiger partial charge in [-0.1, -0.05) is 26.8 Å². The molecule has 0 aliphatic carbocycles. The molecule has 0 radical (unpaired) electrons. The van der Waals surface area contributed by atoms with Crippen LogP contribution in [-0.2, 0) is 5.41 Å². The van der Waals surface area contributed by atoms with Gasteiger partial charge in [-0.3, -0.25) is 0 Å². The normalized spacial score (nSPS) is 13.9. The molecule has 0 bridgehead atoms. The zero-order chi connectivity index (χ0) is 11.6. The fraction of sp³-hybridized carbons (Fsp3) is 0.500. The summed E-state index contributed by atoms with van der Waals surface area (Å²) in [7, 11) is 0. The largest absolute Gasteiger partial charge is 0.508 e. The maximum absolute atomic E-state index is 9.67. The van der Waals surface area contributed by atoms with Crippen LogP contribution in [0.1, 0.15) is 37.9 Å². The second-order valence-corrected chi connectivity index (χ2v) is 4.87. The lowest BCUT2D eigenvalue weighted by molar-refractivity contribution is 0.460. The molecule has 84 valence electrons. The molecule has 0 spiro atoms. The quantitative estimate of drug-likeness (QED) is 0.692. The first-order valence-electron chi connectivity index (χ1n) is 5.15. The molecule has 5 N–H and O–H groups in total. The standard InChI is InChI=1S/C12H20N2O/c1-12(2,3)8-4-5-11(15)9(6-8)10(14)7-13/h4-6,10,15H,7,13-14H2,1-3H3/t10-/m1/s1. The minimum atomic E-state index is -0.299. The Labute approximate surface area is 91.1 Å². The van der Waals surface area contributed by atoms with E-state index in [0.717, 1.165) is 11.1 Å². The average molecular weight is 208 g/mol. The summed E-state index contributed by atoms with van der Waals surface area (Å²) in [6, 6.07) is 5.24. The molecule has 1 atom stereocenters. The summed E-state index contributed by atoms with van der Waals surface area (Å²) in [5, 5.41) is 9.67. The van der Waals surface area contributed by atoms with Crippen molar-refractivity contribution in [2.24, 2.45) is 11.5 Å². The summed E-state index contributed by atoms with van der Waals surface area (Å²) in [4.78, 5) is 0. The van der Waals surface area contributed by atoms with Gasteiger partial charge in [0, 0.05) is 18.2 Å². The van der Waals surface area contributed by atoms with Crippen molar-refractivity contribution >= 4 is 0 Å². The van der Waals surface area contributed by atoms with Gasteiger partial charge in [0.05, 0.1) is 0 Å². The molecule has 0 aromatic heterocycles. The molecular weight excluding hydrogens is 188 g/mol. The molecule has 0 amide bonds. The predicted octanol–water partition coefficient (Wildman–Crippen LogP) is 1.65. The maximum atomic E-state index is 9.67. The third kappa shape index (κ3) is 2.70. The topological polar surface area (TPSA) is 72.3 Å². The first-order valence-corrected chi connectivity index (χ1v) is 5.15. The SMILES string of the molecule is CC(C)(C)c1ccc(O)c([C@H](N)CN)c1. The van der Waals surface area contributed by atoms with Crippen LogP contribution in [0.5, 0.6) is 5.75 Å². The highest BCUT2D eigenvalue weighted by Gasteiger charge is 2.17. The van der Waals surface area contributed by atoms with Crippen LogP contribution in [0.15, 0.2) is 18.2 Å². The molecule has 1 aromatic carbocycles. The van der Waals surface area contributed by atoms with E-state index in [9.17, 15) is 5.11 Å². The molecule has 0 fully saturated rings. The summed E-state index contributed by atoms with van der Waals surface area (Å²) in [6.45, 7) is 6.70. The van der Waals surface area contributed by atoms with Crippen LogP contribution in [0.25, 0.3) is 0 Å². The van der Waals surface area contributed by atoms with Crippen molar-refractivity contribution in [2.75, 3.05) is 6.54 Å². The lowest BCUT2D eigenvalue weighted by Crippen LogP contribution is -2.22. The Morgan fingerprint density at radius 2 is 1.93 bits per heavy atom. The smallest absolute Gasteiger partial charge is 0.120 e. The van der Waals surface area contributed by atoms with Gasteiger partial charge in [-0.2, -0.15) is 0 Å². The molecule has 0 saturated heterocycles. The third-order valence-electron chi connectivity index (χ3n) is 2.55. The minimum Gasteiger partial charge on any atom is -0.508 e. The molecule has 0 saturated carbocycles. The summed E-state index contributed by atoms with van der Waals surface area (Å²) >= 11 is 0.